The molecule has 0 amide bonds. The molecule has 0 aliphatic carbocycles. The minimum absolute atomic E-state index is 0.798. The van der Waals surface area contributed by atoms with Crippen LogP contribution in [0.5, 0.6) is 0 Å². The zero-order valence-electron chi connectivity index (χ0n) is 8.78. The van der Waals surface area contributed by atoms with Gasteiger partial charge in [-0.15, -0.1) is 0 Å². The van der Waals surface area contributed by atoms with Gasteiger partial charge in [0.1, 0.15) is 0 Å². The van der Waals surface area contributed by atoms with Crippen molar-refractivity contribution in [2.24, 2.45) is 0 Å². The summed E-state index contributed by atoms with van der Waals surface area (Å²) in [4.78, 5) is 0. The first kappa shape index (κ1) is 12.0. The predicted molar refractivity (Wildman–Crippen MR) is 65.7 cm³/mol. The summed E-state index contributed by atoms with van der Waals surface area (Å²) in [5.41, 5.74) is 2.66. The van der Waals surface area contributed by atoms with Gasteiger partial charge in [0, 0.05) is 0 Å². The van der Waals surface area contributed by atoms with E-state index in [1.165, 1.54) is 38.6 Å². The second-order valence-corrected chi connectivity index (χ2v) is 5.57. The van der Waals surface area contributed by atoms with Crippen molar-refractivity contribution in [3.05, 3.63) is 70.7 Å². The van der Waals surface area contributed by atoms with E-state index in [4.69, 9.17) is 11.6 Å². The fourth-order valence-corrected chi connectivity index (χ4v) is 2.59. The van der Waals surface area contributed by atoms with Gasteiger partial charge in [-0.2, -0.15) is 0 Å². The molecule has 0 N–H and O–H groups in total. The molecule has 0 spiro atoms. The molecule has 0 heterocycles. The average Bonchev–Trinajstić information content (AvgIpc) is 2.31. The number of hydrogen-bond acceptors (Lipinski definition) is 0. The van der Waals surface area contributed by atoms with Crippen molar-refractivity contribution in [3.8, 4) is 0 Å². The van der Waals surface area contributed by atoms with Gasteiger partial charge in [0.2, 0.25) is 0 Å². The van der Waals surface area contributed by atoms with Crippen LogP contribution in [0.3, 0.4) is 0 Å². The summed E-state index contributed by atoms with van der Waals surface area (Å²) in [5.74, 6) is 0. The SMILES string of the molecule is Clc1ccc([C](=[Zr+2])Cc2ccccc2)cc1. The summed E-state index contributed by atoms with van der Waals surface area (Å²) >= 11 is 7.34. The second kappa shape index (κ2) is 5.70. The molecule has 0 aliphatic heterocycles. The van der Waals surface area contributed by atoms with Gasteiger partial charge in [-0.25, -0.2) is 0 Å². The average molecular weight is 306 g/mol. The van der Waals surface area contributed by atoms with Crippen LogP contribution in [-0.4, -0.2) is 3.21 Å². The third kappa shape index (κ3) is 3.24. The Labute approximate surface area is 116 Å². The summed E-state index contributed by atoms with van der Waals surface area (Å²) in [6.07, 6.45) is 1.03. The molecule has 0 aliphatic rings. The fraction of sp³-hybridized carbons (Fsp3) is 0.0714. The molecule has 0 bridgehead atoms. The third-order valence-corrected chi connectivity index (χ3v) is 3.81. The number of rotatable bonds is 3. The van der Waals surface area contributed by atoms with Gasteiger partial charge in [0.15, 0.2) is 0 Å². The molecule has 2 aromatic rings. The van der Waals surface area contributed by atoms with Crippen molar-refractivity contribution in [1.82, 2.24) is 0 Å². The summed E-state index contributed by atoms with van der Waals surface area (Å²) < 4.78 is 1.45. The van der Waals surface area contributed by atoms with E-state index in [1.807, 2.05) is 12.1 Å². The zero-order valence-corrected chi connectivity index (χ0v) is 12.0. The van der Waals surface area contributed by atoms with Gasteiger partial charge >= 0.3 is 116 Å². The quantitative estimate of drug-likeness (QED) is 0.812. The van der Waals surface area contributed by atoms with Gasteiger partial charge in [0.25, 0.3) is 0 Å². The predicted octanol–water partition coefficient (Wildman–Crippen LogP) is 3.65. The van der Waals surface area contributed by atoms with Crippen LogP contribution in [0.1, 0.15) is 11.1 Å². The maximum atomic E-state index is 5.87. The molecule has 0 radical (unpaired) electrons. The molecule has 0 saturated heterocycles. The zero-order chi connectivity index (χ0) is 11.4. The third-order valence-electron chi connectivity index (χ3n) is 2.42. The molecular weight excluding hydrogens is 295 g/mol. The van der Waals surface area contributed by atoms with E-state index in [2.05, 4.69) is 42.5 Å². The van der Waals surface area contributed by atoms with E-state index in [9.17, 15) is 0 Å². The van der Waals surface area contributed by atoms with Gasteiger partial charge in [-0.3, -0.25) is 0 Å². The first-order valence-corrected chi connectivity index (χ1v) is 6.74. The monoisotopic (exact) mass is 304 g/mol. The van der Waals surface area contributed by atoms with Gasteiger partial charge in [-0.1, -0.05) is 0 Å². The molecule has 0 atom stereocenters. The van der Waals surface area contributed by atoms with Crippen LogP contribution in [0, 0.1) is 0 Å². The Bertz CT molecular complexity index is 474. The molecule has 2 aromatic carbocycles. The minimum atomic E-state index is 0.798. The Morgan fingerprint density at radius 3 is 2.19 bits per heavy atom. The molecule has 0 aromatic heterocycles. The molecule has 0 fully saturated rings. The fourth-order valence-electron chi connectivity index (χ4n) is 1.55. The van der Waals surface area contributed by atoms with E-state index >= 15 is 0 Å². The molecule has 16 heavy (non-hydrogen) atoms. The molecule has 0 unspecified atom stereocenters. The van der Waals surface area contributed by atoms with E-state index in [0.717, 1.165) is 11.4 Å². The Morgan fingerprint density at radius 1 is 0.938 bits per heavy atom. The topological polar surface area (TPSA) is 0 Å². The van der Waals surface area contributed by atoms with Gasteiger partial charge < -0.3 is 0 Å². The van der Waals surface area contributed by atoms with Crippen LogP contribution in [0.4, 0.5) is 0 Å². The Hall–Kier alpha value is -0.517. The van der Waals surface area contributed by atoms with Crippen molar-refractivity contribution in [3.63, 3.8) is 0 Å². The van der Waals surface area contributed by atoms with Crippen LogP contribution in [0.15, 0.2) is 54.6 Å². The molecule has 2 heteroatoms. The van der Waals surface area contributed by atoms with E-state index in [-0.39, 0.29) is 0 Å². The van der Waals surface area contributed by atoms with Crippen LogP contribution >= 0.6 is 11.6 Å². The number of benzene rings is 2. The van der Waals surface area contributed by atoms with Crippen LogP contribution in [0.25, 0.3) is 0 Å². The maximum absolute atomic E-state index is 5.87. The van der Waals surface area contributed by atoms with Crippen LogP contribution < -0.4 is 0 Å². The normalized spacial score (nSPS) is 10.2. The van der Waals surface area contributed by atoms with Crippen LogP contribution in [-0.2, 0) is 30.7 Å². The van der Waals surface area contributed by atoms with E-state index in [1.54, 1.807) is 0 Å². The van der Waals surface area contributed by atoms with Crippen molar-refractivity contribution in [1.29, 1.82) is 0 Å². The standard InChI is InChI=1S/C14H11Cl.Zr/c15-14-10-8-13(9-11-14)7-6-12-4-2-1-3-5-12;/h1-5,8-11H,6H2;/q;+2. The summed E-state index contributed by atoms with van der Waals surface area (Å²) in [5, 5.41) is 0.798. The number of halogens is 1. The molecule has 0 saturated carbocycles. The van der Waals surface area contributed by atoms with Gasteiger partial charge in [0.05, 0.1) is 0 Å². The summed E-state index contributed by atoms with van der Waals surface area (Å²) in [7, 11) is 0. The molecule has 0 nitrogen and oxygen atoms in total. The van der Waals surface area contributed by atoms with Crippen molar-refractivity contribution in [2.75, 3.05) is 0 Å². The van der Waals surface area contributed by atoms with E-state index < -0.39 is 0 Å². The van der Waals surface area contributed by atoms with Crippen molar-refractivity contribution in [2.45, 2.75) is 6.42 Å². The van der Waals surface area contributed by atoms with E-state index in [0.29, 0.717) is 0 Å². The summed E-state index contributed by atoms with van der Waals surface area (Å²) in [6, 6.07) is 18.6. The Balaban J connectivity index is 2.12. The van der Waals surface area contributed by atoms with Gasteiger partial charge in [-0.05, 0) is 0 Å². The molecule has 2 rings (SSSR count). The molecular formula is C14H11ClZr+2. The first-order chi connectivity index (χ1) is 7.75. The second-order valence-electron chi connectivity index (χ2n) is 3.65. The van der Waals surface area contributed by atoms with Crippen molar-refractivity contribution < 1.29 is 24.2 Å². The Morgan fingerprint density at radius 2 is 1.56 bits per heavy atom. The Kier molecular flexibility index (Phi) is 4.26. The first-order valence-electron chi connectivity index (χ1n) is 5.13. The summed E-state index contributed by atoms with van der Waals surface area (Å²) in [6.45, 7) is 0. The van der Waals surface area contributed by atoms with Crippen molar-refractivity contribution >= 4 is 14.8 Å². The van der Waals surface area contributed by atoms with Crippen LogP contribution in [0.2, 0.25) is 5.02 Å². The number of hydrogen-bond donors (Lipinski definition) is 0. The molecule has 76 valence electrons.